The van der Waals surface area contributed by atoms with E-state index >= 15 is 0 Å². The lowest BCUT2D eigenvalue weighted by atomic mass is 10.1. The van der Waals surface area contributed by atoms with Crippen LogP contribution in [0.25, 0.3) is 22.3 Å². The number of rotatable bonds is 4. The van der Waals surface area contributed by atoms with Gasteiger partial charge >= 0.3 is 0 Å². The molecular weight excluding hydrogens is 330 g/mol. The maximum Gasteiger partial charge on any atom is 0.160 e. The van der Waals surface area contributed by atoms with Crippen LogP contribution in [-0.2, 0) is 0 Å². The van der Waals surface area contributed by atoms with Gasteiger partial charge in [-0.15, -0.1) is 0 Å². The lowest BCUT2D eigenvalue weighted by Crippen LogP contribution is -1.95. The van der Waals surface area contributed by atoms with Crippen molar-refractivity contribution >= 4 is 28.2 Å². The fourth-order valence-corrected chi connectivity index (χ4v) is 2.81. The highest BCUT2D eigenvalue weighted by molar-refractivity contribution is 5.93. The highest BCUT2D eigenvalue weighted by Crippen LogP contribution is 2.32. The number of H-pyrrole nitrogens is 1. The molecule has 0 radical (unpaired) electrons. The lowest BCUT2D eigenvalue weighted by Gasteiger charge is -2.08. The fraction of sp³-hybridized carbons (Fsp3) is 0.0526. The molecule has 0 bridgehead atoms. The van der Waals surface area contributed by atoms with E-state index in [2.05, 4.69) is 20.3 Å². The van der Waals surface area contributed by atoms with Crippen LogP contribution in [-0.4, -0.2) is 27.2 Å². The van der Waals surface area contributed by atoms with Crippen LogP contribution in [0.5, 0.6) is 11.5 Å². The van der Waals surface area contributed by atoms with Gasteiger partial charge < -0.3 is 25.9 Å². The minimum absolute atomic E-state index is 0.0531. The molecule has 0 spiro atoms. The van der Waals surface area contributed by atoms with E-state index < -0.39 is 0 Å². The molecule has 130 valence electrons. The van der Waals surface area contributed by atoms with Crippen LogP contribution >= 0.6 is 0 Å². The van der Waals surface area contributed by atoms with Gasteiger partial charge in [-0.2, -0.15) is 0 Å². The number of nitrogen functional groups attached to an aromatic ring is 1. The summed E-state index contributed by atoms with van der Waals surface area (Å²) in [5.74, 6) is 1.09. The Kier molecular flexibility index (Phi) is 3.81. The van der Waals surface area contributed by atoms with Crippen LogP contribution in [0, 0.1) is 0 Å². The number of anilines is 3. The van der Waals surface area contributed by atoms with Crippen LogP contribution < -0.4 is 15.8 Å². The summed E-state index contributed by atoms with van der Waals surface area (Å²) in [7, 11) is 1.51. The van der Waals surface area contributed by atoms with Crippen LogP contribution in [0.1, 0.15) is 0 Å². The molecule has 0 aliphatic carbocycles. The molecule has 0 unspecified atom stereocenters. The summed E-state index contributed by atoms with van der Waals surface area (Å²) in [5.41, 5.74) is 9.83. The van der Waals surface area contributed by atoms with Crippen LogP contribution in [0.2, 0.25) is 0 Å². The van der Waals surface area contributed by atoms with Crippen LogP contribution in [0.15, 0.2) is 54.9 Å². The third-order valence-corrected chi connectivity index (χ3v) is 4.06. The van der Waals surface area contributed by atoms with Crippen molar-refractivity contribution in [1.82, 2.24) is 15.0 Å². The van der Waals surface area contributed by atoms with Gasteiger partial charge in [0.05, 0.1) is 12.5 Å². The first kappa shape index (κ1) is 15.8. The third kappa shape index (κ3) is 2.86. The van der Waals surface area contributed by atoms with E-state index in [1.807, 2.05) is 30.3 Å². The molecule has 4 aromatic rings. The molecule has 2 heterocycles. The minimum atomic E-state index is 0.0531. The summed E-state index contributed by atoms with van der Waals surface area (Å²) >= 11 is 0. The van der Waals surface area contributed by atoms with E-state index in [0.717, 1.165) is 16.6 Å². The summed E-state index contributed by atoms with van der Waals surface area (Å²) in [5, 5.41) is 14.0. The second-order valence-electron chi connectivity index (χ2n) is 5.80. The Morgan fingerprint density at radius 1 is 1.12 bits per heavy atom. The number of hydrogen-bond acceptors (Lipinski definition) is 6. The summed E-state index contributed by atoms with van der Waals surface area (Å²) in [6.07, 6.45) is 1.48. The van der Waals surface area contributed by atoms with E-state index in [9.17, 15) is 5.11 Å². The Morgan fingerprint density at radius 2 is 2.00 bits per heavy atom. The number of benzene rings is 2. The van der Waals surface area contributed by atoms with Gasteiger partial charge in [0.25, 0.3) is 0 Å². The van der Waals surface area contributed by atoms with E-state index in [1.165, 1.54) is 13.4 Å². The molecule has 4 rings (SSSR count). The second kappa shape index (κ2) is 6.29. The van der Waals surface area contributed by atoms with Crippen molar-refractivity contribution in [2.24, 2.45) is 0 Å². The summed E-state index contributed by atoms with van der Waals surface area (Å²) < 4.78 is 5.06. The number of aromatic nitrogens is 3. The minimum Gasteiger partial charge on any atom is -0.504 e. The first-order chi connectivity index (χ1) is 12.6. The topological polar surface area (TPSA) is 109 Å². The van der Waals surface area contributed by atoms with Crippen molar-refractivity contribution in [2.75, 3.05) is 18.2 Å². The predicted molar refractivity (Wildman–Crippen MR) is 102 cm³/mol. The molecule has 0 atom stereocenters. The Labute approximate surface area is 149 Å². The molecule has 5 N–H and O–H groups in total. The Hall–Kier alpha value is -3.74. The molecule has 26 heavy (non-hydrogen) atoms. The van der Waals surface area contributed by atoms with E-state index in [4.69, 9.17) is 10.5 Å². The summed E-state index contributed by atoms with van der Waals surface area (Å²) in [6.45, 7) is 0. The van der Waals surface area contributed by atoms with Crippen LogP contribution in [0.3, 0.4) is 0 Å². The van der Waals surface area contributed by atoms with Gasteiger partial charge in [-0.25, -0.2) is 9.97 Å². The van der Waals surface area contributed by atoms with Gasteiger partial charge in [0.1, 0.15) is 17.8 Å². The summed E-state index contributed by atoms with van der Waals surface area (Å²) in [4.78, 5) is 11.9. The smallest absolute Gasteiger partial charge is 0.160 e. The third-order valence-electron chi connectivity index (χ3n) is 4.06. The molecule has 0 saturated heterocycles. The van der Waals surface area contributed by atoms with Gasteiger partial charge in [0.15, 0.2) is 11.5 Å². The quantitative estimate of drug-likeness (QED) is 0.419. The lowest BCUT2D eigenvalue weighted by molar-refractivity contribution is 0.373. The average Bonchev–Trinajstić information content (AvgIpc) is 3.07. The van der Waals surface area contributed by atoms with E-state index in [-0.39, 0.29) is 5.75 Å². The standard InChI is InChI=1S/C19H17N5O2/c1-26-17-6-5-13(8-16(17)25)23-18-14-9-15(24-19(14)22-10-21-18)11-3-2-4-12(20)7-11/h2-10,25H,20H2,1H3,(H2,21,22,23,24). The number of ether oxygens (including phenoxy) is 1. The Bertz CT molecular complexity index is 1090. The van der Waals surface area contributed by atoms with E-state index in [1.54, 1.807) is 18.2 Å². The largest absolute Gasteiger partial charge is 0.504 e. The van der Waals surface area contributed by atoms with Crippen molar-refractivity contribution in [1.29, 1.82) is 0 Å². The molecule has 0 aliphatic rings. The molecule has 7 heteroatoms. The maximum absolute atomic E-state index is 9.95. The highest BCUT2D eigenvalue weighted by atomic mass is 16.5. The number of phenolic OH excluding ortho intramolecular Hbond substituents is 1. The molecule has 0 saturated carbocycles. The molecule has 0 fully saturated rings. The molecular formula is C19H17N5O2. The second-order valence-corrected chi connectivity index (χ2v) is 5.80. The van der Waals surface area contributed by atoms with Crippen LogP contribution in [0.4, 0.5) is 17.2 Å². The normalized spacial score (nSPS) is 10.8. The number of fused-ring (bicyclic) bond motifs is 1. The average molecular weight is 347 g/mol. The number of hydrogen-bond donors (Lipinski definition) is 4. The molecule has 7 nitrogen and oxygen atoms in total. The number of nitrogens with one attached hydrogen (secondary N) is 2. The SMILES string of the molecule is COc1ccc(Nc2ncnc3[nH]c(-c4cccc(N)c4)cc23)cc1O. The highest BCUT2D eigenvalue weighted by Gasteiger charge is 2.11. The molecule has 0 aliphatic heterocycles. The van der Waals surface area contributed by atoms with Crippen molar-refractivity contribution in [3.8, 4) is 22.8 Å². The van der Waals surface area contributed by atoms with Crippen molar-refractivity contribution in [2.45, 2.75) is 0 Å². The zero-order chi connectivity index (χ0) is 18.1. The Morgan fingerprint density at radius 3 is 2.77 bits per heavy atom. The number of aromatic amines is 1. The molecule has 2 aromatic heterocycles. The monoisotopic (exact) mass is 347 g/mol. The van der Waals surface area contributed by atoms with Gasteiger partial charge in [-0.1, -0.05) is 12.1 Å². The van der Waals surface area contributed by atoms with Crippen molar-refractivity contribution in [3.63, 3.8) is 0 Å². The zero-order valence-electron chi connectivity index (χ0n) is 14.0. The van der Waals surface area contributed by atoms with Crippen molar-refractivity contribution in [3.05, 3.63) is 54.9 Å². The zero-order valence-corrected chi connectivity index (χ0v) is 14.0. The maximum atomic E-state index is 9.95. The van der Waals surface area contributed by atoms with E-state index in [0.29, 0.717) is 28.6 Å². The number of nitrogens with zero attached hydrogens (tertiary/aromatic N) is 2. The molecule has 0 amide bonds. The first-order valence-electron chi connectivity index (χ1n) is 7.98. The van der Waals surface area contributed by atoms with Gasteiger partial charge in [-0.05, 0) is 30.3 Å². The van der Waals surface area contributed by atoms with Gasteiger partial charge in [0, 0.05) is 28.7 Å². The Balaban J connectivity index is 1.73. The number of methoxy groups -OCH3 is 1. The van der Waals surface area contributed by atoms with Crippen molar-refractivity contribution < 1.29 is 9.84 Å². The number of nitrogens with two attached hydrogens (primary N) is 1. The predicted octanol–water partition coefficient (Wildman–Crippen LogP) is 3.66. The van der Waals surface area contributed by atoms with Gasteiger partial charge in [0.2, 0.25) is 0 Å². The summed E-state index contributed by atoms with van der Waals surface area (Å²) in [6, 6.07) is 14.7. The first-order valence-corrected chi connectivity index (χ1v) is 7.98. The number of aromatic hydroxyl groups is 1. The van der Waals surface area contributed by atoms with Gasteiger partial charge in [-0.3, -0.25) is 0 Å². The fourth-order valence-electron chi connectivity index (χ4n) is 2.81. The molecule has 2 aromatic carbocycles. The number of phenols is 1.